The summed E-state index contributed by atoms with van der Waals surface area (Å²) in [5.41, 5.74) is 2.61. The molecule has 0 fully saturated rings. The largest absolute Gasteiger partial charge is 0.353 e. The minimum Gasteiger partial charge on any atom is -0.353 e. The predicted molar refractivity (Wildman–Crippen MR) is 84.6 cm³/mol. The van der Waals surface area contributed by atoms with Crippen molar-refractivity contribution in [3.63, 3.8) is 0 Å². The maximum absolute atomic E-state index is 13.1. The number of amides is 1. The first-order valence-corrected chi connectivity index (χ1v) is 7.24. The smallest absolute Gasteiger partial charge is 0.244 e. The zero-order chi connectivity index (χ0) is 15.9. The second-order valence-electron chi connectivity index (χ2n) is 5.25. The molecule has 0 aliphatic carbocycles. The number of aryl methyl sites for hydroxylation is 2. The molecule has 1 heterocycles. The molecule has 22 heavy (non-hydrogen) atoms. The Morgan fingerprint density at radius 1 is 1.45 bits per heavy atom. The van der Waals surface area contributed by atoms with E-state index >= 15 is 0 Å². The lowest BCUT2D eigenvalue weighted by Crippen LogP contribution is -2.22. The Kier molecular flexibility index (Phi) is 5.47. The first-order valence-electron chi connectivity index (χ1n) is 7.24. The molecule has 0 saturated heterocycles. The fourth-order valence-electron chi connectivity index (χ4n) is 2.17. The van der Waals surface area contributed by atoms with Gasteiger partial charge in [0.05, 0.1) is 6.20 Å². The van der Waals surface area contributed by atoms with E-state index in [2.05, 4.69) is 10.4 Å². The zero-order valence-electron chi connectivity index (χ0n) is 12.8. The van der Waals surface area contributed by atoms with Crippen molar-refractivity contribution in [3.8, 4) is 0 Å². The molecule has 0 saturated carbocycles. The van der Waals surface area contributed by atoms with Crippen molar-refractivity contribution in [2.75, 3.05) is 6.54 Å². The van der Waals surface area contributed by atoms with Gasteiger partial charge in [-0.15, -0.1) is 0 Å². The first kappa shape index (κ1) is 15.9. The topological polar surface area (TPSA) is 46.9 Å². The molecule has 0 spiro atoms. The first-order chi connectivity index (χ1) is 10.5. The van der Waals surface area contributed by atoms with Gasteiger partial charge in [0.15, 0.2) is 0 Å². The Balaban J connectivity index is 1.78. The average molecular weight is 301 g/mol. The second kappa shape index (κ2) is 7.54. The van der Waals surface area contributed by atoms with E-state index in [4.69, 9.17) is 0 Å². The molecule has 1 aromatic carbocycles. The van der Waals surface area contributed by atoms with Crippen molar-refractivity contribution in [2.24, 2.45) is 7.05 Å². The quantitative estimate of drug-likeness (QED) is 0.659. The monoisotopic (exact) mass is 301 g/mol. The highest BCUT2D eigenvalue weighted by Crippen LogP contribution is 2.14. The van der Waals surface area contributed by atoms with E-state index in [-0.39, 0.29) is 11.7 Å². The van der Waals surface area contributed by atoms with Crippen molar-refractivity contribution >= 4 is 11.5 Å². The number of nitrogens with zero attached hydrogens (tertiary/aromatic N) is 2. The Hall–Kier alpha value is -2.43. The number of carbonyl (C=O) groups is 1. The average Bonchev–Trinajstić information content (AvgIpc) is 2.89. The molecule has 5 heteroatoms. The highest BCUT2D eigenvalue weighted by atomic mass is 19.1. The van der Waals surface area contributed by atoms with Gasteiger partial charge >= 0.3 is 0 Å². The molecule has 0 radical (unpaired) electrons. The Bertz CT molecular complexity index is 676. The normalized spacial score (nSPS) is 11.5. The summed E-state index contributed by atoms with van der Waals surface area (Å²) >= 11 is 0. The van der Waals surface area contributed by atoms with Crippen molar-refractivity contribution in [1.82, 2.24) is 15.1 Å². The van der Waals surface area contributed by atoms with Gasteiger partial charge in [-0.3, -0.25) is 9.48 Å². The van der Waals surface area contributed by atoms with E-state index in [1.165, 1.54) is 18.2 Å². The lowest BCUT2D eigenvalue weighted by atomic mass is 10.1. The Labute approximate surface area is 129 Å². The highest BCUT2D eigenvalue weighted by molar-refractivity contribution is 5.94. The molecule has 0 unspecified atom stereocenters. The third-order valence-corrected chi connectivity index (χ3v) is 3.33. The summed E-state index contributed by atoms with van der Waals surface area (Å²) in [5, 5.41) is 6.94. The molecule has 1 amide bonds. The van der Waals surface area contributed by atoms with Gasteiger partial charge in [0.2, 0.25) is 5.91 Å². The number of benzene rings is 1. The standard InChI is InChI=1S/C17H20FN3O/c1-13(15-6-3-7-16(18)10-15)9-17(22)19-8-4-5-14-11-20-21(2)12-14/h3,6-7,9-12H,4-5,8H2,1-2H3,(H,19,22)/b13-9+. The number of rotatable bonds is 6. The number of allylic oxidation sites excluding steroid dienone is 1. The van der Waals surface area contributed by atoms with E-state index in [9.17, 15) is 9.18 Å². The lowest BCUT2D eigenvalue weighted by Gasteiger charge is -2.04. The van der Waals surface area contributed by atoms with Gasteiger partial charge in [-0.05, 0) is 48.6 Å². The number of halogens is 1. The summed E-state index contributed by atoms with van der Waals surface area (Å²) in [6, 6.07) is 6.22. The third kappa shape index (κ3) is 4.84. The van der Waals surface area contributed by atoms with Crippen LogP contribution in [0.15, 0.2) is 42.7 Å². The van der Waals surface area contributed by atoms with E-state index < -0.39 is 0 Å². The molecule has 2 rings (SSSR count). The van der Waals surface area contributed by atoms with Crippen LogP contribution in [0.3, 0.4) is 0 Å². The molecule has 1 aromatic heterocycles. The minimum atomic E-state index is -0.304. The number of carbonyl (C=O) groups excluding carboxylic acids is 1. The molecule has 4 nitrogen and oxygen atoms in total. The summed E-state index contributed by atoms with van der Waals surface area (Å²) in [5.74, 6) is -0.463. The van der Waals surface area contributed by atoms with Crippen LogP contribution < -0.4 is 5.32 Å². The van der Waals surface area contributed by atoms with Gasteiger partial charge in [0, 0.05) is 25.9 Å². The molecule has 2 aromatic rings. The predicted octanol–water partition coefficient (Wildman–Crippen LogP) is 2.71. The maximum Gasteiger partial charge on any atom is 0.244 e. The van der Waals surface area contributed by atoms with Crippen molar-refractivity contribution in [2.45, 2.75) is 19.8 Å². The van der Waals surface area contributed by atoms with E-state index in [0.717, 1.165) is 24.0 Å². The molecule has 0 aliphatic heterocycles. The van der Waals surface area contributed by atoms with Crippen LogP contribution in [0, 0.1) is 5.82 Å². The van der Waals surface area contributed by atoms with Crippen LogP contribution in [0.4, 0.5) is 4.39 Å². The van der Waals surface area contributed by atoms with Crippen LogP contribution in [0.5, 0.6) is 0 Å². The van der Waals surface area contributed by atoms with Crippen molar-refractivity contribution in [1.29, 1.82) is 0 Å². The lowest BCUT2D eigenvalue weighted by molar-refractivity contribution is -0.116. The van der Waals surface area contributed by atoms with Gasteiger partial charge in [0.1, 0.15) is 5.82 Å². The number of aromatic nitrogens is 2. The summed E-state index contributed by atoms with van der Waals surface area (Å²) in [6.45, 7) is 2.39. The molecular formula is C17H20FN3O. The van der Waals surface area contributed by atoms with Crippen LogP contribution in [-0.4, -0.2) is 22.2 Å². The van der Waals surface area contributed by atoms with Gasteiger partial charge < -0.3 is 5.32 Å². The number of hydrogen-bond acceptors (Lipinski definition) is 2. The van der Waals surface area contributed by atoms with Crippen LogP contribution in [0.2, 0.25) is 0 Å². The van der Waals surface area contributed by atoms with Gasteiger partial charge in [-0.25, -0.2) is 4.39 Å². The summed E-state index contributed by atoms with van der Waals surface area (Å²) in [4.78, 5) is 11.8. The van der Waals surface area contributed by atoms with Crippen molar-refractivity contribution < 1.29 is 9.18 Å². The summed E-state index contributed by atoms with van der Waals surface area (Å²) < 4.78 is 14.9. The fraction of sp³-hybridized carbons (Fsp3) is 0.294. The molecule has 1 N–H and O–H groups in total. The van der Waals surface area contributed by atoms with E-state index in [0.29, 0.717) is 12.1 Å². The molecule has 0 aliphatic rings. The minimum absolute atomic E-state index is 0.159. The molecule has 0 atom stereocenters. The van der Waals surface area contributed by atoms with Crippen LogP contribution in [0.1, 0.15) is 24.5 Å². The number of nitrogens with one attached hydrogen (secondary N) is 1. The van der Waals surface area contributed by atoms with Gasteiger partial charge in [0.25, 0.3) is 0 Å². The molecule has 116 valence electrons. The van der Waals surface area contributed by atoms with E-state index in [1.54, 1.807) is 23.7 Å². The SMILES string of the molecule is C/C(=C\C(=O)NCCCc1cnn(C)c1)c1cccc(F)c1. The second-order valence-corrected chi connectivity index (χ2v) is 5.25. The summed E-state index contributed by atoms with van der Waals surface area (Å²) in [7, 11) is 1.88. The van der Waals surface area contributed by atoms with Crippen molar-refractivity contribution in [3.05, 3.63) is 59.7 Å². The van der Waals surface area contributed by atoms with Gasteiger partial charge in [-0.2, -0.15) is 5.10 Å². The molecule has 0 bridgehead atoms. The summed E-state index contributed by atoms with van der Waals surface area (Å²) in [6.07, 6.45) is 7.02. The maximum atomic E-state index is 13.1. The number of hydrogen-bond donors (Lipinski definition) is 1. The molecular weight excluding hydrogens is 281 g/mol. The van der Waals surface area contributed by atoms with E-state index in [1.807, 2.05) is 19.4 Å². The van der Waals surface area contributed by atoms with Crippen LogP contribution in [-0.2, 0) is 18.3 Å². The van der Waals surface area contributed by atoms with Crippen LogP contribution in [0.25, 0.3) is 5.57 Å². The third-order valence-electron chi connectivity index (χ3n) is 3.33. The Morgan fingerprint density at radius 2 is 2.27 bits per heavy atom. The Morgan fingerprint density at radius 3 is 2.95 bits per heavy atom. The highest BCUT2D eigenvalue weighted by Gasteiger charge is 2.02. The zero-order valence-corrected chi connectivity index (χ0v) is 12.8. The fourth-order valence-corrected chi connectivity index (χ4v) is 2.17. The van der Waals surface area contributed by atoms with Crippen LogP contribution >= 0.6 is 0 Å². The van der Waals surface area contributed by atoms with Gasteiger partial charge in [-0.1, -0.05) is 12.1 Å².